The second-order valence-electron chi connectivity index (χ2n) is 5.81. The Morgan fingerprint density at radius 2 is 1.59 bits per heavy atom. The number of allylic oxidation sites excluding steroid dienone is 1. The Morgan fingerprint density at radius 1 is 0.889 bits per heavy atom. The maximum absolute atomic E-state index is 12.5. The third-order valence-electron chi connectivity index (χ3n) is 3.93. The van der Waals surface area contributed by atoms with Crippen molar-refractivity contribution in [3.8, 4) is 11.5 Å². The molecule has 3 rings (SSSR count). The lowest BCUT2D eigenvalue weighted by Crippen LogP contribution is -2.14. The first-order valence-electron chi connectivity index (χ1n) is 8.54. The number of rotatable bonds is 6. The van der Waals surface area contributed by atoms with Gasteiger partial charge in [0, 0.05) is 7.05 Å². The molecule has 0 atom stereocenters. The fourth-order valence-electron chi connectivity index (χ4n) is 2.56. The number of para-hydroxylation sites is 1. The molecule has 0 heterocycles. The van der Waals surface area contributed by atoms with E-state index in [1.807, 2.05) is 54.6 Å². The number of ketones is 1. The maximum Gasteiger partial charge on any atom is 0.212 e. The molecule has 4 nitrogen and oxygen atoms in total. The minimum atomic E-state index is -0.345. The van der Waals surface area contributed by atoms with Crippen LogP contribution in [0.1, 0.15) is 15.9 Å². The predicted octanol–water partition coefficient (Wildman–Crippen LogP) is 4.78. The lowest BCUT2D eigenvalue weighted by molar-refractivity contribution is 0.104. The highest BCUT2D eigenvalue weighted by Gasteiger charge is 2.08. The SMILES string of the molecule is CNc1ccccc(C(=O)/C=C/c2cccc(Oc3ccccc3)c2)c1=O. The summed E-state index contributed by atoms with van der Waals surface area (Å²) in [5.41, 5.74) is 0.990. The van der Waals surface area contributed by atoms with E-state index in [-0.39, 0.29) is 16.8 Å². The van der Waals surface area contributed by atoms with Crippen LogP contribution in [0, 0.1) is 0 Å². The molecule has 3 aromatic rings. The van der Waals surface area contributed by atoms with Gasteiger partial charge < -0.3 is 10.1 Å². The summed E-state index contributed by atoms with van der Waals surface area (Å²) in [7, 11) is 1.65. The van der Waals surface area contributed by atoms with Gasteiger partial charge in [0.05, 0.1) is 11.3 Å². The number of ether oxygens (including phenoxy) is 1. The minimum Gasteiger partial charge on any atom is -0.457 e. The quantitative estimate of drug-likeness (QED) is 0.510. The van der Waals surface area contributed by atoms with Crippen molar-refractivity contribution in [3.05, 3.63) is 106 Å². The topological polar surface area (TPSA) is 55.4 Å². The van der Waals surface area contributed by atoms with Gasteiger partial charge in [-0.05, 0) is 48.0 Å². The van der Waals surface area contributed by atoms with Crippen molar-refractivity contribution >= 4 is 17.5 Å². The van der Waals surface area contributed by atoms with Crippen LogP contribution in [0.25, 0.3) is 6.08 Å². The monoisotopic (exact) mass is 357 g/mol. The molecule has 3 aromatic carbocycles. The number of hydrogen-bond donors (Lipinski definition) is 1. The summed E-state index contributed by atoms with van der Waals surface area (Å²) in [5.74, 6) is 1.06. The Morgan fingerprint density at radius 3 is 2.37 bits per heavy atom. The van der Waals surface area contributed by atoms with Crippen molar-refractivity contribution < 1.29 is 9.53 Å². The van der Waals surface area contributed by atoms with Gasteiger partial charge in [-0.1, -0.05) is 48.5 Å². The number of carbonyl (C=O) groups is 1. The minimum absolute atomic E-state index is 0.122. The van der Waals surface area contributed by atoms with E-state index in [0.717, 1.165) is 11.3 Å². The zero-order valence-electron chi connectivity index (χ0n) is 14.9. The lowest BCUT2D eigenvalue weighted by atomic mass is 10.1. The summed E-state index contributed by atoms with van der Waals surface area (Å²) < 4.78 is 5.80. The molecule has 0 aliphatic carbocycles. The Kier molecular flexibility index (Phi) is 5.80. The first kappa shape index (κ1) is 18.1. The standard InChI is InChI=1S/C23H19NO3/c1-24-21-13-6-5-12-20(23(21)26)22(25)15-14-17-8-7-11-19(16-17)27-18-9-3-2-4-10-18/h2-16H,1H3,(H,24,26)/b15-14+. The van der Waals surface area contributed by atoms with Crippen molar-refractivity contribution in [1.29, 1.82) is 0 Å². The van der Waals surface area contributed by atoms with Gasteiger partial charge in [0.1, 0.15) is 11.5 Å². The van der Waals surface area contributed by atoms with Gasteiger partial charge in [-0.25, -0.2) is 0 Å². The molecular weight excluding hydrogens is 338 g/mol. The smallest absolute Gasteiger partial charge is 0.212 e. The van der Waals surface area contributed by atoms with Crippen LogP contribution in [-0.4, -0.2) is 12.8 Å². The number of benzene rings is 2. The van der Waals surface area contributed by atoms with E-state index in [1.165, 1.54) is 12.1 Å². The second-order valence-corrected chi connectivity index (χ2v) is 5.81. The van der Waals surface area contributed by atoms with Crippen molar-refractivity contribution in [2.24, 2.45) is 0 Å². The molecule has 0 spiro atoms. The van der Waals surface area contributed by atoms with Crippen LogP contribution in [0.4, 0.5) is 5.69 Å². The third-order valence-corrected chi connectivity index (χ3v) is 3.93. The predicted molar refractivity (Wildman–Crippen MR) is 109 cm³/mol. The van der Waals surface area contributed by atoms with Crippen LogP contribution in [-0.2, 0) is 0 Å². The van der Waals surface area contributed by atoms with Gasteiger partial charge in [-0.3, -0.25) is 9.59 Å². The van der Waals surface area contributed by atoms with E-state index < -0.39 is 0 Å². The second kappa shape index (κ2) is 8.63. The van der Waals surface area contributed by atoms with Gasteiger partial charge in [0.15, 0.2) is 5.78 Å². The normalized spacial score (nSPS) is 10.6. The summed E-state index contributed by atoms with van der Waals surface area (Å²) in [4.78, 5) is 24.8. The molecule has 0 bridgehead atoms. The largest absolute Gasteiger partial charge is 0.457 e. The van der Waals surface area contributed by atoms with Crippen molar-refractivity contribution in [2.45, 2.75) is 0 Å². The molecule has 134 valence electrons. The molecule has 4 heteroatoms. The first-order chi connectivity index (χ1) is 13.2. The van der Waals surface area contributed by atoms with Crippen LogP contribution in [0.15, 0.2) is 89.7 Å². The molecule has 0 aromatic heterocycles. The fraction of sp³-hybridized carbons (Fsp3) is 0.0435. The molecule has 0 radical (unpaired) electrons. The van der Waals surface area contributed by atoms with Crippen molar-refractivity contribution in [3.63, 3.8) is 0 Å². The van der Waals surface area contributed by atoms with Crippen LogP contribution >= 0.6 is 0 Å². The number of anilines is 1. The molecule has 0 aliphatic rings. The van der Waals surface area contributed by atoms with Crippen LogP contribution in [0.3, 0.4) is 0 Å². The van der Waals surface area contributed by atoms with Gasteiger partial charge in [0.25, 0.3) is 0 Å². The van der Waals surface area contributed by atoms with Gasteiger partial charge in [-0.2, -0.15) is 0 Å². The highest BCUT2D eigenvalue weighted by Crippen LogP contribution is 2.22. The number of nitrogens with one attached hydrogen (secondary N) is 1. The number of carbonyl (C=O) groups excluding carboxylic acids is 1. The van der Waals surface area contributed by atoms with Gasteiger partial charge >= 0.3 is 0 Å². The highest BCUT2D eigenvalue weighted by atomic mass is 16.5. The van der Waals surface area contributed by atoms with Gasteiger partial charge in [0.2, 0.25) is 5.43 Å². The molecule has 0 amide bonds. The Balaban J connectivity index is 1.81. The zero-order chi connectivity index (χ0) is 19.1. The Hall–Kier alpha value is -3.66. The Labute approximate surface area is 157 Å². The van der Waals surface area contributed by atoms with E-state index in [1.54, 1.807) is 31.3 Å². The van der Waals surface area contributed by atoms with Crippen LogP contribution in [0.5, 0.6) is 11.5 Å². The molecule has 0 aliphatic heterocycles. The Bertz CT molecular complexity index is 1030. The molecule has 0 saturated carbocycles. The lowest BCUT2D eigenvalue weighted by Gasteiger charge is -2.05. The molecular formula is C23H19NO3. The van der Waals surface area contributed by atoms with E-state index in [9.17, 15) is 9.59 Å². The first-order valence-corrected chi connectivity index (χ1v) is 8.54. The van der Waals surface area contributed by atoms with Crippen LogP contribution < -0.4 is 15.5 Å². The summed E-state index contributed by atoms with van der Waals surface area (Å²) in [6.45, 7) is 0. The van der Waals surface area contributed by atoms with E-state index in [2.05, 4.69) is 5.32 Å². The van der Waals surface area contributed by atoms with Crippen LogP contribution in [0.2, 0.25) is 0 Å². The molecule has 27 heavy (non-hydrogen) atoms. The zero-order valence-corrected chi connectivity index (χ0v) is 14.9. The van der Waals surface area contributed by atoms with Crippen molar-refractivity contribution in [1.82, 2.24) is 0 Å². The molecule has 0 fully saturated rings. The van der Waals surface area contributed by atoms with Crippen molar-refractivity contribution in [2.75, 3.05) is 12.4 Å². The third kappa shape index (κ3) is 4.70. The highest BCUT2D eigenvalue weighted by molar-refractivity contribution is 6.07. The molecule has 0 saturated heterocycles. The summed E-state index contributed by atoms with van der Waals surface area (Å²) >= 11 is 0. The van der Waals surface area contributed by atoms with Gasteiger partial charge in [-0.15, -0.1) is 0 Å². The summed E-state index contributed by atoms with van der Waals surface area (Å²) in [6, 6.07) is 23.4. The average molecular weight is 357 g/mol. The molecule has 1 N–H and O–H groups in total. The fourth-order valence-corrected chi connectivity index (χ4v) is 2.56. The molecule has 0 unspecified atom stereocenters. The average Bonchev–Trinajstić information content (AvgIpc) is 2.88. The van der Waals surface area contributed by atoms with E-state index in [0.29, 0.717) is 11.4 Å². The van der Waals surface area contributed by atoms with E-state index in [4.69, 9.17) is 4.74 Å². The maximum atomic E-state index is 12.5. The number of hydrogen-bond acceptors (Lipinski definition) is 4. The summed E-state index contributed by atoms with van der Waals surface area (Å²) in [5, 5.41) is 2.81. The van der Waals surface area contributed by atoms with E-state index >= 15 is 0 Å². The summed E-state index contributed by atoms with van der Waals surface area (Å²) in [6.07, 6.45) is 3.07.